The van der Waals surface area contributed by atoms with E-state index in [4.69, 9.17) is 0 Å². The molecule has 0 aromatic carbocycles. The number of nitrogens with zero attached hydrogens (tertiary/aromatic N) is 1. The third-order valence-corrected chi connectivity index (χ3v) is 5.06. The molecule has 0 aromatic heterocycles. The second kappa shape index (κ2) is 11.8. The fraction of sp³-hybridized carbons (Fsp3) is 0.833. The molecule has 0 saturated carbocycles. The van der Waals surface area contributed by atoms with E-state index in [9.17, 15) is 19.8 Å². The van der Waals surface area contributed by atoms with Crippen LogP contribution in [0, 0.1) is 16.7 Å². The van der Waals surface area contributed by atoms with Crippen molar-refractivity contribution in [3.63, 3.8) is 0 Å². The van der Waals surface area contributed by atoms with E-state index in [2.05, 4.69) is 46.5 Å². The van der Waals surface area contributed by atoms with Crippen LogP contribution in [-0.2, 0) is 9.59 Å². The average Bonchev–Trinajstić information content (AvgIpc) is 2.46. The zero-order chi connectivity index (χ0) is 23.8. The van der Waals surface area contributed by atoms with Crippen molar-refractivity contribution in [3.8, 4) is 0 Å². The monoisotopic (exact) mass is 426 g/mol. The van der Waals surface area contributed by atoms with Crippen LogP contribution in [0.2, 0.25) is 0 Å². The van der Waals surface area contributed by atoms with Gasteiger partial charge in [0.05, 0.1) is 20.6 Å². The molecule has 0 radical (unpaired) electrons. The van der Waals surface area contributed by atoms with Crippen molar-refractivity contribution in [2.24, 2.45) is 16.7 Å². The number of carboxylic acids is 1. The number of quaternary nitrogens is 1. The molecule has 0 aliphatic carbocycles. The lowest BCUT2D eigenvalue weighted by atomic mass is 9.72. The Bertz CT molecular complexity index is 574. The highest BCUT2D eigenvalue weighted by Crippen LogP contribution is 2.38. The minimum absolute atomic E-state index is 0.0190. The maximum absolute atomic E-state index is 12.2. The SMILES string of the molecule is C=C(CC(CC(=O)NCCC[N+](C)(C)CC(C)O)C(=O)[O-])CC(C)(C)CC(C)(C)C. The number of aliphatic hydroxyl groups is 1. The van der Waals surface area contributed by atoms with Gasteiger partial charge in [-0.3, -0.25) is 4.79 Å². The highest BCUT2D eigenvalue weighted by atomic mass is 16.4. The minimum atomic E-state index is -1.20. The molecular weight excluding hydrogens is 380 g/mol. The zero-order valence-corrected chi connectivity index (χ0v) is 20.6. The van der Waals surface area contributed by atoms with E-state index in [0.717, 1.165) is 31.4 Å². The number of hydrogen-bond donors (Lipinski definition) is 2. The molecule has 0 fully saturated rings. The second-order valence-electron chi connectivity index (χ2n) is 11.6. The van der Waals surface area contributed by atoms with E-state index in [0.29, 0.717) is 17.6 Å². The Morgan fingerprint density at radius 1 is 1.13 bits per heavy atom. The molecule has 0 aromatic rings. The third kappa shape index (κ3) is 14.6. The normalized spacial score (nSPS) is 14.8. The summed E-state index contributed by atoms with van der Waals surface area (Å²) >= 11 is 0. The number of carboxylic acid groups (broad SMARTS) is 1. The largest absolute Gasteiger partial charge is 0.550 e. The molecule has 2 atom stereocenters. The summed E-state index contributed by atoms with van der Waals surface area (Å²) in [6.45, 7) is 18.7. The summed E-state index contributed by atoms with van der Waals surface area (Å²) in [5, 5.41) is 23.9. The van der Waals surface area contributed by atoms with E-state index >= 15 is 0 Å². The first kappa shape index (κ1) is 28.6. The number of nitrogens with one attached hydrogen (secondary N) is 1. The highest BCUT2D eigenvalue weighted by molar-refractivity contribution is 5.81. The van der Waals surface area contributed by atoms with Crippen LogP contribution < -0.4 is 10.4 Å². The molecule has 1 amide bonds. The van der Waals surface area contributed by atoms with Gasteiger partial charge in [-0.2, -0.15) is 0 Å². The van der Waals surface area contributed by atoms with Crippen molar-refractivity contribution in [1.29, 1.82) is 0 Å². The molecule has 2 N–H and O–H groups in total. The van der Waals surface area contributed by atoms with Crippen LogP contribution in [0.5, 0.6) is 0 Å². The predicted octanol–water partition coefficient (Wildman–Crippen LogP) is 2.50. The average molecular weight is 427 g/mol. The van der Waals surface area contributed by atoms with Crippen LogP contribution in [0.3, 0.4) is 0 Å². The van der Waals surface area contributed by atoms with Crippen LogP contribution >= 0.6 is 0 Å². The molecule has 0 rings (SSSR count). The summed E-state index contributed by atoms with van der Waals surface area (Å²) in [6, 6.07) is 0. The van der Waals surface area contributed by atoms with Gasteiger partial charge in [-0.05, 0) is 37.0 Å². The first-order valence-electron chi connectivity index (χ1n) is 11.1. The molecule has 0 heterocycles. The van der Waals surface area contributed by atoms with Crippen LogP contribution in [0.1, 0.15) is 73.6 Å². The molecule has 6 nitrogen and oxygen atoms in total. The van der Waals surface area contributed by atoms with Crippen LogP contribution in [0.15, 0.2) is 12.2 Å². The number of aliphatic carboxylic acids is 1. The van der Waals surface area contributed by atoms with Crippen molar-refractivity contribution >= 4 is 11.9 Å². The van der Waals surface area contributed by atoms with Gasteiger partial charge < -0.3 is 24.8 Å². The van der Waals surface area contributed by atoms with Gasteiger partial charge in [-0.1, -0.05) is 46.8 Å². The molecule has 0 bridgehead atoms. The number of allylic oxidation sites excluding steroid dienone is 1. The summed E-state index contributed by atoms with van der Waals surface area (Å²) in [5.41, 5.74) is 1.05. The second-order valence-corrected chi connectivity index (χ2v) is 11.6. The van der Waals surface area contributed by atoms with Crippen molar-refractivity contribution < 1.29 is 24.3 Å². The van der Waals surface area contributed by atoms with E-state index in [1.807, 2.05) is 14.1 Å². The summed E-state index contributed by atoms with van der Waals surface area (Å²) in [6.07, 6.45) is 2.29. The first-order chi connectivity index (χ1) is 13.4. The van der Waals surface area contributed by atoms with Crippen molar-refractivity contribution in [3.05, 3.63) is 12.2 Å². The fourth-order valence-electron chi connectivity index (χ4n) is 4.67. The maximum atomic E-state index is 12.2. The van der Waals surface area contributed by atoms with Crippen LogP contribution in [-0.4, -0.2) is 61.3 Å². The highest BCUT2D eigenvalue weighted by Gasteiger charge is 2.27. The van der Waals surface area contributed by atoms with Gasteiger partial charge in [-0.15, -0.1) is 0 Å². The van der Waals surface area contributed by atoms with Gasteiger partial charge in [0.1, 0.15) is 12.6 Å². The van der Waals surface area contributed by atoms with Crippen molar-refractivity contribution in [2.45, 2.75) is 79.8 Å². The number of likely N-dealkylation sites (N-methyl/N-ethyl adjacent to an activating group) is 1. The lowest BCUT2D eigenvalue weighted by Crippen LogP contribution is -2.46. The van der Waals surface area contributed by atoms with Crippen molar-refractivity contribution in [2.75, 3.05) is 33.7 Å². The molecular formula is C24H46N2O4. The van der Waals surface area contributed by atoms with Gasteiger partial charge >= 0.3 is 0 Å². The standard InChI is InChI=1S/C24H46N2O4/c1-18(15-24(6,7)17-23(3,4)5)13-20(22(29)30)14-21(28)25-11-10-12-26(8,9)16-19(2)27/h19-20,27H,1,10-17H2,2-9H3,(H-,25,28,29,30). The Hall–Kier alpha value is -1.40. The zero-order valence-electron chi connectivity index (χ0n) is 20.6. The van der Waals surface area contributed by atoms with Crippen LogP contribution in [0.25, 0.3) is 0 Å². The number of amides is 1. The number of carbonyl (C=O) groups excluding carboxylic acids is 2. The molecule has 0 saturated heterocycles. The molecule has 30 heavy (non-hydrogen) atoms. The predicted molar refractivity (Wildman–Crippen MR) is 120 cm³/mol. The summed E-state index contributed by atoms with van der Waals surface area (Å²) < 4.78 is 0.666. The van der Waals surface area contributed by atoms with Crippen molar-refractivity contribution in [1.82, 2.24) is 5.32 Å². The third-order valence-electron chi connectivity index (χ3n) is 5.06. The molecule has 176 valence electrons. The summed E-state index contributed by atoms with van der Waals surface area (Å²) in [4.78, 5) is 23.8. The number of aliphatic hydroxyl groups excluding tert-OH is 1. The van der Waals surface area contributed by atoms with Gasteiger partial charge in [0.25, 0.3) is 0 Å². The Morgan fingerprint density at radius 3 is 2.17 bits per heavy atom. The van der Waals surface area contributed by atoms with E-state index in [1.54, 1.807) is 6.92 Å². The minimum Gasteiger partial charge on any atom is -0.550 e. The van der Waals surface area contributed by atoms with E-state index in [-0.39, 0.29) is 35.7 Å². The van der Waals surface area contributed by atoms with E-state index < -0.39 is 11.9 Å². The Morgan fingerprint density at radius 2 is 1.70 bits per heavy atom. The van der Waals surface area contributed by atoms with Crippen LogP contribution in [0.4, 0.5) is 0 Å². The summed E-state index contributed by atoms with van der Waals surface area (Å²) in [5.74, 6) is -2.33. The molecule has 6 heteroatoms. The number of hydrogen-bond acceptors (Lipinski definition) is 4. The fourth-order valence-corrected chi connectivity index (χ4v) is 4.67. The molecule has 0 aliphatic heterocycles. The molecule has 0 spiro atoms. The number of rotatable bonds is 14. The van der Waals surface area contributed by atoms with Gasteiger partial charge in [-0.25, -0.2) is 0 Å². The maximum Gasteiger partial charge on any atom is 0.220 e. The Kier molecular flexibility index (Phi) is 11.3. The van der Waals surface area contributed by atoms with E-state index in [1.165, 1.54) is 0 Å². The Balaban J connectivity index is 4.53. The summed E-state index contributed by atoms with van der Waals surface area (Å²) in [7, 11) is 4.07. The van der Waals surface area contributed by atoms with Gasteiger partial charge in [0.15, 0.2) is 0 Å². The van der Waals surface area contributed by atoms with Gasteiger partial charge in [0, 0.05) is 31.3 Å². The topological polar surface area (TPSA) is 89.5 Å². The Labute approximate surface area is 184 Å². The lowest BCUT2D eigenvalue weighted by Gasteiger charge is -2.33. The van der Waals surface area contributed by atoms with Gasteiger partial charge in [0.2, 0.25) is 5.91 Å². The molecule has 2 unspecified atom stereocenters. The number of carbonyl (C=O) groups is 2. The molecule has 0 aliphatic rings. The smallest absolute Gasteiger partial charge is 0.220 e. The quantitative estimate of drug-likeness (QED) is 0.254. The first-order valence-corrected chi connectivity index (χ1v) is 11.1. The lowest BCUT2D eigenvalue weighted by molar-refractivity contribution is -0.893.